The molecule has 2 aromatic carbocycles. The van der Waals surface area contributed by atoms with Gasteiger partial charge >= 0.3 is 11.9 Å². The summed E-state index contributed by atoms with van der Waals surface area (Å²) in [7, 11) is 0. The van der Waals surface area contributed by atoms with Crippen LogP contribution in [0, 0.1) is 0 Å². The van der Waals surface area contributed by atoms with E-state index in [2.05, 4.69) is 26.4 Å². The molecule has 0 aliphatic carbocycles. The fraction of sp³-hybridized carbons (Fsp3) is 0.281. The van der Waals surface area contributed by atoms with Crippen LogP contribution in [0.1, 0.15) is 43.8 Å². The van der Waals surface area contributed by atoms with Gasteiger partial charge in [0.25, 0.3) is 11.8 Å². The van der Waals surface area contributed by atoms with E-state index in [1.54, 1.807) is 20.8 Å². The van der Waals surface area contributed by atoms with Gasteiger partial charge in [-0.25, -0.2) is 9.59 Å². The van der Waals surface area contributed by atoms with Gasteiger partial charge in [0.2, 0.25) is 18.1 Å². The van der Waals surface area contributed by atoms with Gasteiger partial charge in [0, 0.05) is 17.3 Å². The number of ether oxygens (including phenoxy) is 2. The number of aromatic nitrogens is 2. The molecule has 47 heavy (non-hydrogen) atoms. The van der Waals surface area contributed by atoms with Crippen LogP contribution >= 0.6 is 23.3 Å². The molecular weight excluding hydrogens is 645 g/mol. The molecule has 1 aromatic heterocycles. The molecule has 3 heterocycles. The number of oxime groups is 1. The SMILES string of the molecule is C=CC1=C(C(=O)OC(c2ccccc2)c2ccccc2)N2C(=O)C(NC(=O)/C(=N/OCC(=O)OC(C)(C)C)c3nsc(N)n3)[C@H]2SC1. The number of fused-ring (bicyclic) bond motifs is 1. The van der Waals surface area contributed by atoms with Crippen LogP contribution in [0.15, 0.2) is 89.7 Å². The number of thioether (sulfide) groups is 1. The molecule has 2 aliphatic rings. The summed E-state index contributed by atoms with van der Waals surface area (Å²) in [6, 6.07) is 17.5. The summed E-state index contributed by atoms with van der Waals surface area (Å²) in [5, 5.41) is 5.85. The molecule has 0 saturated carbocycles. The van der Waals surface area contributed by atoms with Crippen molar-refractivity contribution >= 4 is 57.9 Å². The summed E-state index contributed by atoms with van der Waals surface area (Å²) < 4.78 is 15.3. The van der Waals surface area contributed by atoms with E-state index in [1.807, 2.05) is 60.7 Å². The number of β-lactam (4-membered cyclic amide) rings is 1. The van der Waals surface area contributed by atoms with Gasteiger partial charge in [-0.3, -0.25) is 14.5 Å². The number of benzene rings is 2. The Kier molecular flexibility index (Phi) is 10.1. The first kappa shape index (κ1) is 33.3. The number of amides is 2. The molecule has 2 amide bonds. The zero-order valence-electron chi connectivity index (χ0n) is 25.7. The smallest absolute Gasteiger partial charge is 0.356 e. The number of nitrogens with one attached hydrogen (secondary N) is 1. The minimum atomic E-state index is -1.03. The summed E-state index contributed by atoms with van der Waals surface area (Å²) in [5.74, 6) is -2.62. The third-order valence-electron chi connectivity index (χ3n) is 6.78. The number of hydrogen-bond donors (Lipinski definition) is 2. The van der Waals surface area contributed by atoms with E-state index in [-0.39, 0.29) is 16.7 Å². The lowest BCUT2D eigenvalue weighted by atomic mass is 10.0. The van der Waals surface area contributed by atoms with E-state index >= 15 is 0 Å². The number of nitrogens with zero attached hydrogens (tertiary/aromatic N) is 4. The average molecular weight is 677 g/mol. The predicted octanol–water partition coefficient (Wildman–Crippen LogP) is 3.36. The Balaban J connectivity index is 1.33. The van der Waals surface area contributed by atoms with Crippen molar-refractivity contribution in [1.82, 2.24) is 19.6 Å². The molecule has 3 N–H and O–H groups in total. The molecule has 0 spiro atoms. The quantitative estimate of drug-likeness (QED) is 0.132. The van der Waals surface area contributed by atoms with Crippen LogP contribution in [0.3, 0.4) is 0 Å². The highest BCUT2D eigenvalue weighted by Gasteiger charge is 2.54. The summed E-state index contributed by atoms with van der Waals surface area (Å²) in [6.07, 6.45) is 0.783. The molecule has 244 valence electrons. The fourth-order valence-electron chi connectivity index (χ4n) is 4.78. The van der Waals surface area contributed by atoms with Crippen molar-refractivity contribution in [3.63, 3.8) is 0 Å². The van der Waals surface area contributed by atoms with E-state index in [0.717, 1.165) is 22.7 Å². The molecule has 1 saturated heterocycles. The summed E-state index contributed by atoms with van der Waals surface area (Å²) in [5.41, 5.74) is 6.65. The van der Waals surface area contributed by atoms with Gasteiger partial charge in [-0.1, -0.05) is 78.5 Å². The molecule has 2 atom stereocenters. The summed E-state index contributed by atoms with van der Waals surface area (Å²) in [4.78, 5) is 63.3. The maximum atomic E-state index is 13.8. The average Bonchev–Trinajstić information content (AvgIpc) is 3.48. The lowest BCUT2D eigenvalue weighted by molar-refractivity contribution is -0.160. The molecule has 0 bridgehead atoms. The molecule has 0 radical (unpaired) electrons. The Hall–Kier alpha value is -5.02. The third kappa shape index (κ3) is 7.69. The molecule has 5 rings (SSSR count). The van der Waals surface area contributed by atoms with Crippen LogP contribution < -0.4 is 11.1 Å². The van der Waals surface area contributed by atoms with Crippen LogP contribution in [-0.4, -0.2) is 73.1 Å². The van der Waals surface area contributed by atoms with Crippen LogP contribution in [0.5, 0.6) is 0 Å². The van der Waals surface area contributed by atoms with Gasteiger partial charge < -0.3 is 25.4 Å². The minimum Gasteiger partial charge on any atom is -0.457 e. The second-order valence-corrected chi connectivity index (χ2v) is 13.2. The van der Waals surface area contributed by atoms with Crippen molar-refractivity contribution in [3.8, 4) is 0 Å². The number of anilines is 1. The monoisotopic (exact) mass is 676 g/mol. The third-order valence-corrected chi connectivity index (χ3v) is 8.63. The summed E-state index contributed by atoms with van der Waals surface area (Å²) in [6.45, 7) is 8.33. The van der Waals surface area contributed by atoms with Crippen molar-refractivity contribution in [1.29, 1.82) is 0 Å². The lowest BCUT2D eigenvalue weighted by Crippen LogP contribution is -2.71. The van der Waals surface area contributed by atoms with E-state index in [9.17, 15) is 19.2 Å². The standard InChI is InChI=1S/C32H32N6O7S2/c1-5-18-17-46-29-23(34-27(40)22(26-35-31(33)47-37-26)36-43-16-21(39)45-32(2,3)4)28(41)38(29)24(18)30(42)44-25(19-12-8-6-9-13-19)20-14-10-7-11-15-20/h5-15,23,25,29H,1,16-17H2,2-4H3,(H,34,40)(H2,33,35,37)/b36-22+/t23?,29-/m1/s1. The van der Waals surface area contributed by atoms with Crippen LogP contribution in [0.2, 0.25) is 0 Å². The molecular formula is C32H32N6O7S2. The van der Waals surface area contributed by atoms with E-state index < -0.39 is 59.2 Å². The van der Waals surface area contributed by atoms with Gasteiger partial charge in [-0.05, 0) is 37.5 Å². The Labute approximate surface area is 279 Å². The number of carbonyl (C=O) groups excluding carboxylic acids is 4. The number of rotatable bonds is 11. The van der Waals surface area contributed by atoms with E-state index in [0.29, 0.717) is 11.3 Å². The Morgan fingerprint density at radius 2 is 1.77 bits per heavy atom. The largest absolute Gasteiger partial charge is 0.457 e. The van der Waals surface area contributed by atoms with Crippen LogP contribution in [0.4, 0.5) is 5.13 Å². The van der Waals surface area contributed by atoms with Crippen molar-refractivity contribution in [2.45, 2.75) is 43.9 Å². The van der Waals surface area contributed by atoms with Crippen molar-refractivity contribution < 1.29 is 33.5 Å². The second kappa shape index (κ2) is 14.2. The number of hydrogen-bond acceptors (Lipinski definition) is 13. The molecule has 1 fully saturated rings. The van der Waals surface area contributed by atoms with E-state index in [4.69, 9.17) is 20.0 Å². The first-order chi connectivity index (χ1) is 22.5. The predicted molar refractivity (Wildman–Crippen MR) is 176 cm³/mol. The molecule has 1 unspecified atom stereocenters. The summed E-state index contributed by atoms with van der Waals surface area (Å²) >= 11 is 2.17. The highest BCUT2D eigenvalue weighted by molar-refractivity contribution is 8.00. The molecule has 15 heteroatoms. The number of allylic oxidation sites excluding steroid dienone is 1. The highest BCUT2D eigenvalue weighted by Crippen LogP contribution is 2.42. The van der Waals surface area contributed by atoms with Crippen molar-refractivity contribution in [2.24, 2.45) is 5.16 Å². The first-order valence-electron chi connectivity index (χ1n) is 14.4. The lowest BCUT2D eigenvalue weighted by Gasteiger charge is -2.49. The normalized spacial score (nSPS) is 17.8. The maximum absolute atomic E-state index is 13.8. The van der Waals surface area contributed by atoms with Gasteiger partial charge in [-0.15, -0.1) is 11.8 Å². The molecule has 3 aromatic rings. The van der Waals surface area contributed by atoms with Crippen LogP contribution in [0.25, 0.3) is 0 Å². The Morgan fingerprint density at radius 3 is 2.32 bits per heavy atom. The van der Waals surface area contributed by atoms with E-state index in [1.165, 1.54) is 22.7 Å². The second-order valence-electron chi connectivity index (χ2n) is 11.3. The molecule has 13 nitrogen and oxygen atoms in total. The number of carbonyl (C=O) groups is 4. The zero-order valence-corrected chi connectivity index (χ0v) is 27.4. The van der Waals surface area contributed by atoms with Crippen molar-refractivity contribution in [2.75, 3.05) is 18.1 Å². The highest BCUT2D eigenvalue weighted by atomic mass is 32.2. The van der Waals surface area contributed by atoms with Gasteiger partial charge in [0.15, 0.2) is 11.2 Å². The Morgan fingerprint density at radius 1 is 1.13 bits per heavy atom. The van der Waals surface area contributed by atoms with Crippen LogP contribution in [-0.2, 0) is 33.5 Å². The van der Waals surface area contributed by atoms with Gasteiger partial charge in [0.1, 0.15) is 22.7 Å². The maximum Gasteiger partial charge on any atom is 0.356 e. The topological polar surface area (TPSA) is 175 Å². The fourth-order valence-corrected chi connectivity index (χ4v) is 6.56. The van der Waals surface area contributed by atoms with Crippen molar-refractivity contribution in [3.05, 3.63) is 102 Å². The van der Waals surface area contributed by atoms with Gasteiger partial charge in [-0.2, -0.15) is 9.36 Å². The number of esters is 2. The number of nitrogen functional groups attached to an aromatic ring is 1. The van der Waals surface area contributed by atoms with Gasteiger partial charge in [0.05, 0.1) is 0 Å². The minimum absolute atomic E-state index is 0.0552. The number of nitrogens with two attached hydrogens (primary N) is 1. The first-order valence-corrected chi connectivity index (χ1v) is 16.2. The zero-order chi connectivity index (χ0) is 33.7. The Bertz CT molecular complexity index is 1700. The molecule has 2 aliphatic heterocycles.